The molecular formula is C25H31N3O3S. The van der Waals surface area contributed by atoms with E-state index in [4.69, 9.17) is 0 Å². The number of likely N-dealkylation sites (N-methyl/N-ethyl adjacent to an activating group) is 1. The summed E-state index contributed by atoms with van der Waals surface area (Å²) in [6.45, 7) is 6.90. The molecule has 0 aliphatic heterocycles. The molecule has 32 heavy (non-hydrogen) atoms. The molecule has 0 aliphatic rings. The molecular weight excluding hydrogens is 422 g/mol. The molecule has 3 aromatic rings. The Hall–Kier alpha value is -2.90. The molecule has 1 aromatic heterocycles. The van der Waals surface area contributed by atoms with Gasteiger partial charge in [-0.1, -0.05) is 18.2 Å². The molecule has 3 rings (SSSR count). The summed E-state index contributed by atoms with van der Waals surface area (Å²) >= 11 is 1.65. The van der Waals surface area contributed by atoms with Crippen LogP contribution in [0.25, 0.3) is 0 Å². The van der Waals surface area contributed by atoms with Gasteiger partial charge in [0, 0.05) is 25.2 Å². The van der Waals surface area contributed by atoms with Crippen molar-refractivity contribution in [1.29, 1.82) is 0 Å². The van der Waals surface area contributed by atoms with E-state index in [-0.39, 0.29) is 17.8 Å². The summed E-state index contributed by atoms with van der Waals surface area (Å²) in [5.74, 6) is 0.236. The van der Waals surface area contributed by atoms with Crippen LogP contribution in [-0.4, -0.2) is 49.3 Å². The highest BCUT2D eigenvalue weighted by Gasteiger charge is 2.28. The van der Waals surface area contributed by atoms with Crippen LogP contribution in [0.2, 0.25) is 0 Å². The van der Waals surface area contributed by atoms with Gasteiger partial charge in [-0.15, -0.1) is 6.58 Å². The SMILES string of the molecule is C=CCN(CC(Cc1ccc(O)cc1)N(C)C)c1c(NC(C)Cc2ccsc2)c(=O)c1=O. The van der Waals surface area contributed by atoms with E-state index < -0.39 is 10.9 Å². The molecule has 0 saturated heterocycles. The number of nitrogens with one attached hydrogen (secondary N) is 1. The van der Waals surface area contributed by atoms with Gasteiger partial charge in [-0.05, 0) is 73.9 Å². The molecule has 0 amide bonds. The lowest BCUT2D eigenvalue weighted by Crippen LogP contribution is -2.48. The minimum Gasteiger partial charge on any atom is -0.508 e. The molecule has 6 nitrogen and oxygen atoms in total. The highest BCUT2D eigenvalue weighted by atomic mass is 32.1. The average Bonchev–Trinajstić information content (AvgIpc) is 3.26. The molecule has 2 aromatic carbocycles. The van der Waals surface area contributed by atoms with Crippen molar-refractivity contribution in [2.45, 2.75) is 31.8 Å². The highest BCUT2D eigenvalue weighted by molar-refractivity contribution is 7.07. The van der Waals surface area contributed by atoms with Gasteiger partial charge in [0.15, 0.2) is 0 Å². The third-order valence-corrected chi connectivity index (χ3v) is 6.36. The van der Waals surface area contributed by atoms with Crippen molar-refractivity contribution >= 4 is 22.7 Å². The van der Waals surface area contributed by atoms with Gasteiger partial charge in [0.25, 0.3) is 10.9 Å². The maximum absolute atomic E-state index is 12.6. The van der Waals surface area contributed by atoms with Crippen LogP contribution in [0.3, 0.4) is 0 Å². The van der Waals surface area contributed by atoms with Crippen molar-refractivity contribution in [2.24, 2.45) is 0 Å². The molecule has 7 heteroatoms. The molecule has 2 unspecified atom stereocenters. The van der Waals surface area contributed by atoms with E-state index in [9.17, 15) is 14.7 Å². The number of benzene rings is 1. The van der Waals surface area contributed by atoms with Crippen molar-refractivity contribution in [1.82, 2.24) is 4.90 Å². The highest BCUT2D eigenvalue weighted by Crippen LogP contribution is 2.24. The summed E-state index contributed by atoms with van der Waals surface area (Å²) in [6.07, 6.45) is 3.28. The zero-order chi connectivity index (χ0) is 23.3. The number of hydrogen-bond acceptors (Lipinski definition) is 7. The van der Waals surface area contributed by atoms with Crippen LogP contribution in [0.4, 0.5) is 11.4 Å². The van der Waals surface area contributed by atoms with E-state index in [0.29, 0.717) is 24.5 Å². The topological polar surface area (TPSA) is 72.9 Å². The Morgan fingerprint density at radius 1 is 1.09 bits per heavy atom. The van der Waals surface area contributed by atoms with Gasteiger partial charge >= 0.3 is 0 Å². The number of aromatic hydroxyl groups is 1. The smallest absolute Gasteiger partial charge is 0.253 e. The second kappa shape index (κ2) is 10.6. The maximum Gasteiger partial charge on any atom is 0.253 e. The van der Waals surface area contributed by atoms with Crippen LogP contribution in [0.5, 0.6) is 5.75 Å². The van der Waals surface area contributed by atoms with Crippen LogP contribution < -0.4 is 21.1 Å². The first-order valence-electron chi connectivity index (χ1n) is 10.7. The number of nitrogens with zero attached hydrogens (tertiary/aromatic N) is 2. The fourth-order valence-electron chi connectivity index (χ4n) is 3.86. The summed E-state index contributed by atoms with van der Waals surface area (Å²) < 4.78 is 0. The van der Waals surface area contributed by atoms with E-state index in [0.717, 1.165) is 18.4 Å². The van der Waals surface area contributed by atoms with E-state index in [1.165, 1.54) is 5.56 Å². The standard InChI is InChI=1S/C25H31N3O3S/c1-5-11-28(15-20(27(3)4)14-18-6-8-21(29)9-7-18)23-22(24(30)25(23)31)26-17(2)13-19-10-12-32-16-19/h5-10,12,16-17,20,26,29H,1,11,13-15H2,2-4H3. The fourth-order valence-corrected chi connectivity index (χ4v) is 4.54. The zero-order valence-corrected chi connectivity index (χ0v) is 19.7. The first-order chi connectivity index (χ1) is 15.3. The Balaban J connectivity index is 1.78. The van der Waals surface area contributed by atoms with Gasteiger partial charge in [0.05, 0.1) is 0 Å². The van der Waals surface area contributed by atoms with Crippen LogP contribution in [-0.2, 0) is 12.8 Å². The van der Waals surface area contributed by atoms with Crippen molar-refractivity contribution in [3.05, 3.63) is 85.3 Å². The van der Waals surface area contributed by atoms with Gasteiger partial charge in [-0.2, -0.15) is 11.3 Å². The minimum absolute atomic E-state index is 0.0267. The number of phenolic OH excluding ortho intramolecular Hbond substituents is 1. The van der Waals surface area contributed by atoms with E-state index >= 15 is 0 Å². The van der Waals surface area contributed by atoms with Crippen LogP contribution >= 0.6 is 11.3 Å². The Morgan fingerprint density at radius 2 is 1.81 bits per heavy atom. The lowest BCUT2D eigenvalue weighted by molar-refractivity contribution is 0.293. The molecule has 0 fully saturated rings. The lowest BCUT2D eigenvalue weighted by Gasteiger charge is -2.34. The fraction of sp³-hybridized carbons (Fsp3) is 0.360. The number of thiophene rings is 1. The molecule has 0 spiro atoms. The Labute approximate surface area is 193 Å². The Kier molecular flexibility index (Phi) is 7.88. The third kappa shape index (κ3) is 5.66. The summed E-state index contributed by atoms with van der Waals surface area (Å²) in [5, 5.41) is 17.0. The molecule has 1 heterocycles. The summed E-state index contributed by atoms with van der Waals surface area (Å²) in [4.78, 5) is 29.0. The average molecular weight is 454 g/mol. The van der Waals surface area contributed by atoms with Crippen LogP contribution in [0, 0.1) is 0 Å². The number of anilines is 2. The van der Waals surface area contributed by atoms with Gasteiger partial charge in [-0.25, -0.2) is 0 Å². The number of hydrogen-bond donors (Lipinski definition) is 2. The largest absolute Gasteiger partial charge is 0.508 e. The summed E-state index contributed by atoms with van der Waals surface area (Å²) in [7, 11) is 4.00. The Morgan fingerprint density at radius 3 is 2.41 bits per heavy atom. The minimum atomic E-state index is -0.453. The first kappa shape index (κ1) is 23.8. The van der Waals surface area contributed by atoms with E-state index in [2.05, 4.69) is 28.2 Å². The molecule has 0 radical (unpaired) electrons. The van der Waals surface area contributed by atoms with Gasteiger partial charge in [0.2, 0.25) is 0 Å². The molecule has 0 bridgehead atoms. The maximum atomic E-state index is 12.6. The van der Waals surface area contributed by atoms with E-state index in [1.54, 1.807) is 29.5 Å². The van der Waals surface area contributed by atoms with Crippen molar-refractivity contribution in [3.63, 3.8) is 0 Å². The van der Waals surface area contributed by atoms with Crippen molar-refractivity contribution in [3.8, 4) is 5.75 Å². The van der Waals surface area contributed by atoms with Crippen molar-refractivity contribution < 1.29 is 5.11 Å². The first-order valence-corrected chi connectivity index (χ1v) is 11.7. The zero-order valence-electron chi connectivity index (χ0n) is 18.9. The van der Waals surface area contributed by atoms with Gasteiger partial charge < -0.3 is 20.2 Å². The van der Waals surface area contributed by atoms with E-state index in [1.807, 2.05) is 43.4 Å². The van der Waals surface area contributed by atoms with Crippen LogP contribution in [0.15, 0.2) is 63.3 Å². The molecule has 170 valence electrons. The molecule has 0 saturated carbocycles. The van der Waals surface area contributed by atoms with Gasteiger partial charge in [0.1, 0.15) is 17.1 Å². The van der Waals surface area contributed by atoms with Crippen LogP contribution in [0.1, 0.15) is 18.1 Å². The normalized spacial score (nSPS) is 13.2. The number of rotatable bonds is 12. The van der Waals surface area contributed by atoms with Gasteiger partial charge in [-0.3, -0.25) is 9.59 Å². The summed E-state index contributed by atoms with van der Waals surface area (Å²) in [6, 6.07) is 9.36. The number of phenols is 1. The Bertz CT molecular complexity index is 1080. The second-order valence-electron chi connectivity index (χ2n) is 8.44. The predicted molar refractivity (Wildman–Crippen MR) is 134 cm³/mol. The summed E-state index contributed by atoms with van der Waals surface area (Å²) in [5.41, 5.74) is 2.25. The predicted octanol–water partition coefficient (Wildman–Crippen LogP) is 3.26. The third-order valence-electron chi connectivity index (χ3n) is 5.63. The lowest BCUT2D eigenvalue weighted by atomic mass is 10.0. The second-order valence-corrected chi connectivity index (χ2v) is 9.22. The molecule has 0 aliphatic carbocycles. The monoisotopic (exact) mass is 453 g/mol. The quantitative estimate of drug-likeness (QED) is 0.324. The molecule has 2 atom stereocenters. The molecule has 2 N–H and O–H groups in total. The van der Waals surface area contributed by atoms with Crippen molar-refractivity contribution in [2.75, 3.05) is 37.4 Å².